The topological polar surface area (TPSA) is 63.8 Å². The van der Waals surface area contributed by atoms with E-state index in [0.29, 0.717) is 11.3 Å². The molecule has 0 radical (unpaired) electrons. The number of hydrogen-bond donors (Lipinski definition) is 2. The lowest BCUT2D eigenvalue weighted by Crippen LogP contribution is -2.29. The molecule has 21 heavy (non-hydrogen) atoms. The van der Waals surface area contributed by atoms with Crippen LogP contribution in [0.25, 0.3) is 11.0 Å². The fourth-order valence-corrected chi connectivity index (χ4v) is 2.31. The van der Waals surface area contributed by atoms with Crippen LogP contribution in [0.2, 0.25) is 0 Å². The molecule has 3 aromatic rings. The Labute approximate surface area is 121 Å². The predicted molar refractivity (Wildman–Crippen MR) is 79.8 cm³/mol. The maximum atomic E-state index is 13.4. The van der Waals surface area contributed by atoms with E-state index in [1.165, 1.54) is 6.07 Å². The van der Waals surface area contributed by atoms with E-state index in [4.69, 9.17) is 5.84 Å². The third-order valence-corrected chi connectivity index (χ3v) is 3.44. The Hall–Kier alpha value is -2.37. The van der Waals surface area contributed by atoms with Gasteiger partial charge in [0, 0.05) is 0 Å². The Balaban J connectivity index is 2.06. The highest BCUT2D eigenvalue weighted by Gasteiger charge is 2.16. The molecule has 3 N–H and O–H groups in total. The molecule has 3 rings (SSSR count). The van der Waals surface area contributed by atoms with E-state index in [9.17, 15) is 4.39 Å². The molecule has 0 amide bonds. The van der Waals surface area contributed by atoms with Crippen LogP contribution in [0.15, 0.2) is 48.7 Å². The van der Waals surface area contributed by atoms with Crippen molar-refractivity contribution in [2.24, 2.45) is 5.84 Å². The quantitative estimate of drug-likeness (QED) is 0.572. The van der Waals surface area contributed by atoms with Gasteiger partial charge < -0.3 is 0 Å². The summed E-state index contributed by atoms with van der Waals surface area (Å²) in [4.78, 5) is 8.96. The van der Waals surface area contributed by atoms with E-state index in [-0.39, 0.29) is 11.9 Å². The number of hydrogen-bond acceptors (Lipinski definition) is 4. The SMILES string of the molecule is Cc1cc(C(NN)c2cnc3ccccc3n2)ccc1F. The van der Waals surface area contributed by atoms with Gasteiger partial charge in [-0.2, -0.15) is 0 Å². The van der Waals surface area contributed by atoms with Crippen LogP contribution in [0, 0.1) is 12.7 Å². The summed E-state index contributed by atoms with van der Waals surface area (Å²) in [7, 11) is 0. The van der Waals surface area contributed by atoms with Crippen molar-refractivity contribution in [3.8, 4) is 0 Å². The summed E-state index contributed by atoms with van der Waals surface area (Å²) in [5, 5.41) is 0. The molecule has 5 heteroatoms. The van der Waals surface area contributed by atoms with E-state index >= 15 is 0 Å². The number of benzene rings is 2. The molecule has 0 fully saturated rings. The normalized spacial score (nSPS) is 12.5. The molecule has 1 aromatic heterocycles. The molecule has 0 spiro atoms. The lowest BCUT2D eigenvalue weighted by Gasteiger charge is -2.16. The molecule has 0 saturated carbocycles. The summed E-state index contributed by atoms with van der Waals surface area (Å²) in [5.41, 5.74) is 6.46. The number of halogens is 1. The Morgan fingerprint density at radius 2 is 1.90 bits per heavy atom. The molecule has 0 aliphatic carbocycles. The molecule has 0 saturated heterocycles. The molecule has 1 atom stereocenters. The van der Waals surface area contributed by atoms with Crippen molar-refractivity contribution in [3.63, 3.8) is 0 Å². The van der Waals surface area contributed by atoms with Crippen molar-refractivity contribution < 1.29 is 4.39 Å². The summed E-state index contributed by atoms with van der Waals surface area (Å²) >= 11 is 0. The lowest BCUT2D eigenvalue weighted by atomic mass is 10.0. The lowest BCUT2D eigenvalue weighted by molar-refractivity contribution is 0.602. The average Bonchev–Trinajstić information content (AvgIpc) is 2.51. The third kappa shape index (κ3) is 2.61. The van der Waals surface area contributed by atoms with Crippen molar-refractivity contribution >= 4 is 11.0 Å². The van der Waals surface area contributed by atoms with Crippen LogP contribution in [0.3, 0.4) is 0 Å². The highest BCUT2D eigenvalue weighted by atomic mass is 19.1. The second-order valence-corrected chi connectivity index (χ2v) is 4.89. The van der Waals surface area contributed by atoms with Gasteiger partial charge in [0.15, 0.2) is 0 Å². The van der Waals surface area contributed by atoms with Crippen molar-refractivity contribution in [1.29, 1.82) is 0 Å². The van der Waals surface area contributed by atoms with Crippen molar-refractivity contribution in [3.05, 3.63) is 71.3 Å². The highest BCUT2D eigenvalue weighted by Crippen LogP contribution is 2.22. The maximum absolute atomic E-state index is 13.4. The zero-order valence-electron chi connectivity index (χ0n) is 11.5. The van der Waals surface area contributed by atoms with Gasteiger partial charge in [0.2, 0.25) is 0 Å². The summed E-state index contributed by atoms with van der Waals surface area (Å²) in [6, 6.07) is 12.2. The van der Waals surface area contributed by atoms with E-state index < -0.39 is 0 Å². The van der Waals surface area contributed by atoms with Gasteiger partial charge in [-0.1, -0.05) is 24.3 Å². The second kappa shape index (κ2) is 5.55. The van der Waals surface area contributed by atoms with E-state index in [2.05, 4.69) is 15.4 Å². The minimum absolute atomic E-state index is 0.237. The molecule has 1 heterocycles. The number of aromatic nitrogens is 2. The van der Waals surface area contributed by atoms with E-state index in [1.54, 1.807) is 25.3 Å². The third-order valence-electron chi connectivity index (χ3n) is 3.44. The summed E-state index contributed by atoms with van der Waals surface area (Å²) < 4.78 is 13.4. The Morgan fingerprint density at radius 1 is 1.14 bits per heavy atom. The van der Waals surface area contributed by atoms with Gasteiger partial charge in [-0.15, -0.1) is 0 Å². The number of nitrogens with two attached hydrogens (primary N) is 1. The first-order valence-corrected chi connectivity index (χ1v) is 6.63. The monoisotopic (exact) mass is 282 g/mol. The maximum Gasteiger partial charge on any atom is 0.126 e. The van der Waals surface area contributed by atoms with Gasteiger partial charge in [-0.25, -0.2) is 14.8 Å². The minimum atomic E-state index is -0.332. The van der Waals surface area contributed by atoms with Gasteiger partial charge in [0.05, 0.1) is 29.0 Å². The zero-order valence-corrected chi connectivity index (χ0v) is 11.5. The van der Waals surface area contributed by atoms with Crippen molar-refractivity contribution in [2.45, 2.75) is 13.0 Å². The van der Waals surface area contributed by atoms with Gasteiger partial charge in [-0.05, 0) is 36.2 Å². The minimum Gasteiger partial charge on any atom is -0.271 e. The van der Waals surface area contributed by atoms with Crippen molar-refractivity contribution in [1.82, 2.24) is 15.4 Å². The summed E-state index contributed by atoms with van der Waals surface area (Å²) in [6.45, 7) is 1.72. The first-order valence-electron chi connectivity index (χ1n) is 6.63. The molecular formula is C16H15FN4. The van der Waals surface area contributed by atoms with Gasteiger partial charge in [0.1, 0.15) is 5.82 Å². The standard InChI is InChI=1S/C16H15FN4/c1-10-8-11(6-7-12(10)17)16(21-18)15-9-19-13-4-2-3-5-14(13)20-15/h2-9,16,21H,18H2,1H3. The number of nitrogens with one attached hydrogen (secondary N) is 1. The largest absolute Gasteiger partial charge is 0.271 e. The first-order chi connectivity index (χ1) is 10.2. The van der Waals surface area contributed by atoms with Gasteiger partial charge >= 0.3 is 0 Å². The number of rotatable bonds is 3. The van der Waals surface area contributed by atoms with Crippen LogP contribution in [0.1, 0.15) is 22.9 Å². The summed E-state index contributed by atoms with van der Waals surface area (Å²) in [5.74, 6) is 5.42. The molecule has 106 valence electrons. The van der Waals surface area contributed by atoms with Gasteiger partial charge in [-0.3, -0.25) is 10.8 Å². The molecule has 4 nitrogen and oxygen atoms in total. The molecule has 0 aliphatic heterocycles. The zero-order chi connectivity index (χ0) is 14.8. The second-order valence-electron chi connectivity index (χ2n) is 4.89. The van der Waals surface area contributed by atoms with Crippen LogP contribution < -0.4 is 11.3 Å². The Morgan fingerprint density at radius 3 is 2.62 bits per heavy atom. The van der Waals surface area contributed by atoms with Crippen LogP contribution >= 0.6 is 0 Å². The summed E-state index contributed by atoms with van der Waals surface area (Å²) in [6.07, 6.45) is 1.69. The number of aryl methyl sites for hydroxylation is 1. The number of para-hydroxylation sites is 2. The van der Waals surface area contributed by atoms with Gasteiger partial charge in [0.25, 0.3) is 0 Å². The van der Waals surface area contributed by atoms with Crippen LogP contribution in [0.4, 0.5) is 4.39 Å². The van der Waals surface area contributed by atoms with Crippen LogP contribution in [0.5, 0.6) is 0 Å². The first kappa shape index (κ1) is 13.6. The average molecular weight is 282 g/mol. The molecular weight excluding hydrogens is 267 g/mol. The molecule has 1 unspecified atom stereocenters. The highest BCUT2D eigenvalue weighted by molar-refractivity contribution is 5.73. The van der Waals surface area contributed by atoms with Crippen LogP contribution in [-0.4, -0.2) is 9.97 Å². The Bertz CT molecular complexity index is 788. The van der Waals surface area contributed by atoms with E-state index in [0.717, 1.165) is 16.6 Å². The number of nitrogens with zero attached hydrogens (tertiary/aromatic N) is 2. The smallest absolute Gasteiger partial charge is 0.126 e. The Kier molecular flexibility index (Phi) is 3.60. The van der Waals surface area contributed by atoms with Crippen molar-refractivity contribution in [2.75, 3.05) is 0 Å². The van der Waals surface area contributed by atoms with Crippen LogP contribution in [-0.2, 0) is 0 Å². The molecule has 0 bridgehead atoms. The molecule has 0 aliphatic rings. The molecule has 2 aromatic carbocycles. The fourth-order valence-electron chi connectivity index (χ4n) is 2.31. The fraction of sp³-hybridized carbons (Fsp3) is 0.125. The number of fused-ring (bicyclic) bond motifs is 1. The predicted octanol–water partition coefficient (Wildman–Crippen LogP) is 2.63. The van der Waals surface area contributed by atoms with E-state index in [1.807, 2.05) is 24.3 Å². The number of hydrazine groups is 1.